The zero-order chi connectivity index (χ0) is 15.6. The first-order chi connectivity index (χ1) is 9.90. The smallest absolute Gasteiger partial charge is 0.252 e. The first kappa shape index (κ1) is 14.9. The molecule has 0 saturated carbocycles. The molecule has 4 nitrogen and oxygen atoms in total. The van der Waals surface area contributed by atoms with Crippen LogP contribution in [0.25, 0.3) is 0 Å². The summed E-state index contributed by atoms with van der Waals surface area (Å²) in [5.41, 5.74) is 10.5. The lowest BCUT2D eigenvalue weighted by Crippen LogP contribution is -2.13. The predicted molar refractivity (Wildman–Crippen MR) is 77.3 cm³/mol. The number of thiocarbonyl (C=S) groups is 1. The normalized spacial score (nSPS) is 10.2. The lowest BCUT2D eigenvalue weighted by molar-refractivity contribution is 0.0998. The van der Waals surface area contributed by atoms with Crippen molar-refractivity contribution in [1.29, 1.82) is 0 Å². The summed E-state index contributed by atoms with van der Waals surface area (Å²) in [6.07, 6.45) is 0. The van der Waals surface area contributed by atoms with Gasteiger partial charge in [-0.05, 0) is 24.3 Å². The summed E-state index contributed by atoms with van der Waals surface area (Å²) in [5, 5.41) is 0. The molecule has 0 atom stereocenters. The summed E-state index contributed by atoms with van der Waals surface area (Å²) < 4.78 is 32.9. The molecule has 2 rings (SSSR count). The maximum absolute atomic E-state index is 13.9. The van der Waals surface area contributed by atoms with Gasteiger partial charge in [-0.2, -0.15) is 0 Å². The lowest BCUT2D eigenvalue weighted by atomic mass is 10.1. The highest BCUT2D eigenvalue weighted by Crippen LogP contribution is 2.30. The molecule has 0 saturated heterocycles. The van der Waals surface area contributed by atoms with E-state index < -0.39 is 23.3 Å². The van der Waals surface area contributed by atoms with Gasteiger partial charge in [0.2, 0.25) is 0 Å². The molecular formula is C14H10F2N2O2S. The maximum atomic E-state index is 13.9. The largest absolute Gasteiger partial charge is 0.450 e. The molecule has 0 aliphatic rings. The van der Waals surface area contributed by atoms with Crippen LogP contribution >= 0.6 is 12.2 Å². The van der Waals surface area contributed by atoms with Gasteiger partial charge in [-0.3, -0.25) is 4.79 Å². The van der Waals surface area contributed by atoms with Gasteiger partial charge in [0.25, 0.3) is 5.91 Å². The summed E-state index contributed by atoms with van der Waals surface area (Å²) in [7, 11) is 0. The van der Waals surface area contributed by atoms with Gasteiger partial charge in [0, 0.05) is 5.56 Å². The summed E-state index contributed by atoms with van der Waals surface area (Å²) >= 11 is 4.65. The quantitative estimate of drug-likeness (QED) is 0.851. The SMILES string of the molecule is NC(=O)c1ccccc1Oc1c(F)cc(C(N)=S)cc1F. The highest BCUT2D eigenvalue weighted by molar-refractivity contribution is 7.80. The van der Waals surface area contributed by atoms with Gasteiger partial charge >= 0.3 is 0 Å². The molecule has 0 unspecified atom stereocenters. The summed E-state index contributed by atoms with van der Waals surface area (Å²) in [6, 6.07) is 7.76. The maximum Gasteiger partial charge on any atom is 0.252 e. The molecule has 0 heterocycles. The number of hydrogen-bond acceptors (Lipinski definition) is 3. The Kier molecular flexibility index (Phi) is 4.13. The molecule has 2 aromatic carbocycles. The fourth-order valence-electron chi connectivity index (χ4n) is 1.67. The Morgan fingerprint density at radius 2 is 1.67 bits per heavy atom. The molecular weight excluding hydrogens is 298 g/mol. The van der Waals surface area contributed by atoms with Gasteiger partial charge in [0.05, 0.1) is 5.56 Å². The van der Waals surface area contributed by atoms with E-state index >= 15 is 0 Å². The number of rotatable bonds is 4. The van der Waals surface area contributed by atoms with E-state index in [2.05, 4.69) is 12.2 Å². The van der Waals surface area contributed by atoms with Crippen molar-refractivity contribution in [2.45, 2.75) is 0 Å². The summed E-state index contributed by atoms with van der Waals surface area (Å²) in [5.74, 6) is -3.46. The van der Waals surface area contributed by atoms with Crippen LogP contribution in [0.5, 0.6) is 11.5 Å². The van der Waals surface area contributed by atoms with Crippen LogP contribution in [0.2, 0.25) is 0 Å². The van der Waals surface area contributed by atoms with Crippen molar-refractivity contribution >= 4 is 23.1 Å². The Labute approximate surface area is 124 Å². The summed E-state index contributed by atoms with van der Waals surface area (Å²) in [4.78, 5) is 11.1. The van der Waals surface area contributed by atoms with Crippen LogP contribution in [0.3, 0.4) is 0 Å². The second-order valence-electron chi connectivity index (χ2n) is 4.10. The Bertz CT molecular complexity index is 712. The molecule has 108 valence electrons. The van der Waals surface area contributed by atoms with Crippen LogP contribution in [0.4, 0.5) is 8.78 Å². The van der Waals surface area contributed by atoms with Gasteiger partial charge in [-0.1, -0.05) is 24.4 Å². The molecule has 1 amide bonds. The van der Waals surface area contributed by atoms with E-state index in [0.717, 1.165) is 12.1 Å². The van der Waals surface area contributed by atoms with Gasteiger partial charge in [-0.25, -0.2) is 8.78 Å². The first-order valence-corrected chi connectivity index (χ1v) is 6.16. The van der Waals surface area contributed by atoms with Gasteiger partial charge in [-0.15, -0.1) is 0 Å². The third kappa shape index (κ3) is 3.14. The number of ether oxygens (including phenoxy) is 1. The molecule has 0 aromatic heterocycles. The fourth-order valence-corrected chi connectivity index (χ4v) is 1.79. The third-order valence-electron chi connectivity index (χ3n) is 2.65. The molecule has 0 aliphatic carbocycles. The predicted octanol–water partition coefficient (Wildman–Crippen LogP) is 2.49. The monoisotopic (exact) mass is 308 g/mol. The number of benzene rings is 2. The zero-order valence-electron chi connectivity index (χ0n) is 10.6. The lowest BCUT2D eigenvalue weighted by Gasteiger charge is -2.11. The van der Waals surface area contributed by atoms with E-state index in [0.29, 0.717) is 0 Å². The number of para-hydroxylation sites is 1. The van der Waals surface area contributed by atoms with Gasteiger partial charge < -0.3 is 16.2 Å². The van der Waals surface area contributed by atoms with E-state index in [1.807, 2.05) is 0 Å². The van der Waals surface area contributed by atoms with Crippen LogP contribution in [0.1, 0.15) is 15.9 Å². The zero-order valence-corrected chi connectivity index (χ0v) is 11.4. The standard InChI is InChI=1S/C14H10F2N2O2S/c15-9-5-7(14(18)21)6-10(16)12(9)20-11-4-2-1-3-8(11)13(17)19/h1-6H,(H2,17,19)(H2,18,21). The molecule has 2 aromatic rings. The summed E-state index contributed by atoms with van der Waals surface area (Å²) in [6.45, 7) is 0. The average molecular weight is 308 g/mol. The molecule has 0 fully saturated rings. The molecule has 0 bridgehead atoms. The Balaban J connectivity index is 2.46. The second-order valence-corrected chi connectivity index (χ2v) is 4.54. The Morgan fingerprint density at radius 3 is 2.19 bits per heavy atom. The topological polar surface area (TPSA) is 78.3 Å². The highest BCUT2D eigenvalue weighted by Gasteiger charge is 2.17. The second kappa shape index (κ2) is 5.84. The molecule has 0 aliphatic heterocycles. The van der Waals surface area contributed by atoms with Gasteiger partial charge in [0.1, 0.15) is 10.7 Å². The Morgan fingerprint density at radius 1 is 1.10 bits per heavy atom. The number of primary amides is 1. The van der Waals surface area contributed by atoms with Crippen molar-refractivity contribution in [3.8, 4) is 11.5 Å². The van der Waals surface area contributed by atoms with Crippen molar-refractivity contribution in [3.05, 3.63) is 59.2 Å². The van der Waals surface area contributed by atoms with Crippen LogP contribution in [-0.2, 0) is 0 Å². The number of carbonyl (C=O) groups excluding carboxylic acids is 1. The number of amides is 1. The molecule has 7 heteroatoms. The van der Waals surface area contributed by atoms with Crippen LogP contribution in [-0.4, -0.2) is 10.9 Å². The van der Waals surface area contributed by atoms with E-state index in [4.69, 9.17) is 16.2 Å². The van der Waals surface area contributed by atoms with Crippen LogP contribution in [0, 0.1) is 11.6 Å². The molecule has 0 radical (unpaired) electrons. The van der Waals surface area contributed by atoms with Crippen molar-refractivity contribution < 1.29 is 18.3 Å². The van der Waals surface area contributed by atoms with Gasteiger partial charge in [0.15, 0.2) is 17.4 Å². The van der Waals surface area contributed by atoms with Crippen molar-refractivity contribution in [3.63, 3.8) is 0 Å². The highest BCUT2D eigenvalue weighted by atomic mass is 32.1. The molecule has 0 spiro atoms. The number of hydrogen-bond donors (Lipinski definition) is 2. The van der Waals surface area contributed by atoms with Crippen molar-refractivity contribution in [2.75, 3.05) is 0 Å². The van der Waals surface area contributed by atoms with E-state index in [1.165, 1.54) is 12.1 Å². The molecule has 21 heavy (non-hydrogen) atoms. The number of carbonyl (C=O) groups is 1. The van der Waals surface area contributed by atoms with Crippen LogP contribution < -0.4 is 16.2 Å². The minimum Gasteiger partial charge on any atom is -0.450 e. The average Bonchev–Trinajstić information content (AvgIpc) is 2.42. The fraction of sp³-hybridized carbons (Fsp3) is 0. The van der Waals surface area contributed by atoms with Crippen LogP contribution in [0.15, 0.2) is 36.4 Å². The molecule has 4 N–H and O–H groups in total. The minimum atomic E-state index is -0.989. The first-order valence-electron chi connectivity index (χ1n) is 5.75. The number of halogens is 2. The van der Waals surface area contributed by atoms with Crippen molar-refractivity contribution in [1.82, 2.24) is 0 Å². The Hall–Kier alpha value is -2.54. The van der Waals surface area contributed by atoms with E-state index in [9.17, 15) is 13.6 Å². The van der Waals surface area contributed by atoms with E-state index in [1.54, 1.807) is 12.1 Å². The van der Waals surface area contributed by atoms with E-state index in [-0.39, 0.29) is 21.9 Å². The third-order valence-corrected chi connectivity index (χ3v) is 2.88. The number of nitrogens with two attached hydrogens (primary N) is 2. The minimum absolute atomic E-state index is 0.00900. The van der Waals surface area contributed by atoms with Crippen molar-refractivity contribution in [2.24, 2.45) is 11.5 Å².